The molecule has 0 heterocycles. The molecule has 1 atom stereocenters. The van der Waals surface area contributed by atoms with Crippen LogP contribution in [0.2, 0.25) is 0 Å². The monoisotopic (exact) mass is 242 g/mol. The molecule has 0 saturated carbocycles. The van der Waals surface area contributed by atoms with Gasteiger partial charge in [0.05, 0.1) is 7.11 Å². The Labute approximate surface area is 105 Å². The second-order valence-corrected chi connectivity index (χ2v) is 4.97. The quantitative estimate of drug-likeness (QED) is 0.589. The zero-order chi connectivity index (χ0) is 12.1. The second kappa shape index (κ2) is 5.88. The fraction of sp³-hybridized carbons (Fsp3) is 0.143. The summed E-state index contributed by atoms with van der Waals surface area (Å²) in [6.45, 7) is 0. The molecule has 0 saturated heterocycles. The van der Waals surface area contributed by atoms with Crippen LogP contribution in [0, 0.1) is 0 Å². The molecule has 0 N–H and O–H groups in total. The van der Waals surface area contributed by atoms with Gasteiger partial charge in [-0.05, 0) is 35.0 Å². The molecule has 0 aliphatic rings. The highest BCUT2D eigenvalue weighted by Crippen LogP contribution is 2.16. The van der Waals surface area contributed by atoms with Gasteiger partial charge < -0.3 is 4.74 Å². The highest BCUT2D eigenvalue weighted by molar-refractivity contribution is 7.73. The maximum absolute atomic E-state index is 5.17. The lowest BCUT2D eigenvalue weighted by Gasteiger charge is -2.08. The summed E-state index contributed by atoms with van der Waals surface area (Å²) < 4.78 is 5.17. The predicted octanol–water partition coefficient (Wildman–Crippen LogP) is 2.14. The Morgan fingerprint density at radius 1 is 1.06 bits per heavy atom. The van der Waals surface area contributed by atoms with Gasteiger partial charge in [0.25, 0.3) is 0 Å². The second-order valence-electron chi connectivity index (χ2n) is 3.93. The smallest absolute Gasteiger partial charge is 0.136 e. The summed E-state index contributed by atoms with van der Waals surface area (Å²) in [6.07, 6.45) is 1.00. The average Bonchev–Trinajstić information content (AvgIpc) is 2.40. The van der Waals surface area contributed by atoms with E-state index < -0.39 is 0 Å². The molecule has 3 heteroatoms. The van der Waals surface area contributed by atoms with Gasteiger partial charge in [-0.15, -0.1) is 8.46 Å². The Balaban J connectivity index is 2.19. The minimum Gasteiger partial charge on any atom is -0.497 e. The number of methoxy groups -OCH3 is 1. The van der Waals surface area contributed by atoms with Crippen molar-refractivity contribution < 1.29 is 4.74 Å². The van der Waals surface area contributed by atoms with E-state index in [1.54, 1.807) is 7.11 Å². The summed E-state index contributed by atoms with van der Waals surface area (Å²) in [6, 6.07) is 17.0. The lowest BCUT2D eigenvalue weighted by Crippen LogP contribution is -2.04. The van der Waals surface area contributed by atoms with Crippen LogP contribution in [0.15, 0.2) is 48.5 Å². The third-order valence-corrected chi connectivity index (χ3v) is 3.87. The van der Waals surface area contributed by atoms with Gasteiger partial charge in [0.1, 0.15) is 13.3 Å². The van der Waals surface area contributed by atoms with Crippen LogP contribution in [0.25, 0.3) is 0 Å². The molecule has 1 unspecified atom stereocenters. The van der Waals surface area contributed by atoms with E-state index in [1.165, 1.54) is 16.4 Å². The molecule has 0 bridgehead atoms. The van der Waals surface area contributed by atoms with E-state index >= 15 is 0 Å². The van der Waals surface area contributed by atoms with Crippen LogP contribution in [0.5, 0.6) is 5.75 Å². The molecule has 2 aromatic carbocycles. The maximum atomic E-state index is 5.17. The molecule has 0 amide bonds. The number of hydrogen-bond acceptors (Lipinski definition) is 1. The van der Waals surface area contributed by atoms with Crippen molar-refractivity contribution in [1.82, 2.24) is 0 Å². The normalized spacial score (nSPS) is 10.9. The average molecular weight is 242 g/mol. The first-order valence-corrected chi connectivity index (χ1v) is 7.22. The van der Waals surface area contributed by atoms with Gasteiger partial charge in [0.2, 0.25) is 0 Å². The van der Waals surface area contributed by atoms with Crippen LogP contribution >= 0.6 is 8.46 Å². The number of benzene rings is 2. The van der Waals surface area contributed by atoms with E-state index in [4.69, 9.17) is 4.74 Å². The van der Waals surface area contributed by atoms with Gasteiger partial charge in [-0.25, -0.2) is 0 Å². The molecular formula is C14H16BOP. The highest BCUT2D eigenvalue weighted by Gasteiger charge is 2.01. The van der Waals surface area contributed by atoms with Crippen LogP contribution in [0.1, 0.15) is 11.1 Å². The number of rotatable bonds is 4. The summed E-state index contributed by atoms with van der Waals surface area (Å²) in [5, 5.41) is 1.46. The third-order valence-electron chi connectivity index (χ3n) is 2.84. The van der Waals surface area contributed by atoms with Crippen molar-refractivity contribution in [3.8, 4) is 5.75 Å². The molecule has 0 aromatic heterocycles. The minimum absolute atomic E-state index is 0.854. The number of hydrogen-bond donors (Lipinski definition) is 0. The first-order valence-electron chi connectivity index (χ1n) is 5.72. The standard InChI is InChI=1S/C14H16BOP/c1-16-13-8-6-11(7-9-13)10-12-4-2-3-5-14(12)17-15/h2-9,17H,10,15H2,1H3. The van der Waals surface area contributed by atoms with E-state index in [0.29, 0.717) is 0 Å². The molecule has 1 nitrogen and oxygen atoms in total. The molecule has 86 valence electrons. The Hall–Kier alpha value is -1.27. The lowest BCUT2D eigenvalue weighted by molar-refractivity contribution is 0.414. The summed E-state index contributed by atoms with van der Waals surface area (Å²) in [5.74, 6) is 0.916. The zero-order valence-electron chi connectivity index (χ0n) is 10.2. The van der Waals surface area contributed by atoms with Gasteiger partial charge >= 0.3 is 0 Å². The Kier molecular flexibility index (Phi) is 4.22. The van der Waals surface area contributed by atoms with E-state index in [1.807, 2.05) is 12.1 Å². The zero-order valence-corrected chi connectivity index (χ0v) is 11.2. The van der Waals surface area contributed by atoms with Crippen molar-refractivity contribution in [2.24, 2.45) is 0 Å². The molecule has 0 fully saturated rings. The van der Waals surface area contributed by atoms with Crippen LogP contribution in [0.4, 0.5) is 0 Å². The fourth-order valence-electron chi connectivity index (χ4n) is 1.88. The first kappa shape index (κ1) is 12.2. The Morgan fingerprint density at radius 3 is 2.41 bits per heavy atom. The van der Waals surface area contributed by atoms with Gasteiger partial charge in [0, 0.05) is 0 Å². The maximum Gasteiger partial charge on any atom is 0.136 e. The van der Waals surface area contributed by atoms with E-state index in [-0.39, 0.29) is 0 Å². The molecular weight excluding hydrogens is 226 g/mol. The van der Waals surface area contributed by atoms with Gasteiger partial charge in [-0.1, -0.05) is 36.4 Å². The molecule has 17 heavy (non-hydrogen) atoms. The Morgan fingerprint density at radius 2 is 1.76 bits per heavy atom. The van der Waals surface area contributed by atoms with Crippen molar-refractivity contribution in [3.63, 3.8) is 0 Å². The van der Waals surface area contributed by atoms with E-state index in [0.717, 1.165) is 20.6 Å². The van der Waals surface area contributed by atoms with Crippen molar-refractivity contribution in [2.45, 2.75) is 6.42 Å². The predicted molar refractivity (Wildman–Crippen MR) is 78.7 cm³/mol. The molecule has 2 aromatic rings. The van der Waals surface area contributed by atoms with E-state index in [2.05, 4.69) is 44.0 Å². The topological polar surface area (TPSA) is 9.23 Å². The molecule has 0 aliphatic heterocycles. The largest absolute Gasteiger partial charge is 0.497 e. The first-order chi connectivity index (χ1) is 8.33. The summed E-state index contributed by atoms with van der Waals surface area (Å²) in [4.78, 5) is 0. The number of ether oxygens (including phenoxy) is 1. The van der Waals surface area contributed by atoms with Gasteiger partial charge in [-0.3, -0.25) is 0 Å². The summed E-state index contributed by atoms with van der Waals surface area (Å²) in [5.41, 5.74) is 2.76. The van der Waals surface area contributed by atoms with Crippen molar-refractivity contribution in [3.05, 3.63) is 59.7 Å². The minimum atomic E-state index is 0.854. The molecule has 0 radical (unpaired) electrons. The van der Waals surface area contributed by atoms with Crippen molar-refractivity contribution in [1.29, 1.82) is 0 Å². The van der Waals surface area contributed by atoms with Crippen LogP contribution in [-0.2, 0) is 6.42 Å². The van der Waals surface area contributed by atoms with Gasteiger partial charge in [-0.2, -0.15) is 0 Å². The fourth-order valence-corrected chi connectivity index (χ4v) is 2.64. The van der Waals surface area contributed by atoms with Crippen LogP contribution in [0.3, 0.4) is 0 Å². The van der Waals surface area contributed by atoms with Crippen LogP contribution < -0.4 is 10.0 Å². The Bertz CT molecular complexity index is 482. The van der Waals surface area contributed by atoms with E-state index in [9.17, 15) is 0 Å². The van der Waals surface area contributed by atoms with Crippen molar-refractivity contribution >= 4 is 21.3 Å². The summed E-state index contributed by atoms with van der Waals surface area (Å²) in [7, 11) is 4.78. The lowest BCUT2D eigenvalue weighted by atomic mass is 10.1. The molecule has 0 aliphatic carbocycles. The van der Waals surface area contributed by atoms with Gasteiger partial charge in [0.15, 0.2) is 0 Å². The molecule has 2 rings (SSSR count). The SMILES string of the molecule is BPc1ccccc1Cc1ccc(OC)cc1. The third kappa shape index (κ3) is 3.11. The van der Waals surface area contributed by atoms with Crippen LogP contribution in [-0.4, -0.2) is 14.7 Å². The van der Waals surface area contributed by atoms with Crippen molar-refractivity contribution in [2.75, 3.05) is 7.11 Å². The molecule has 0 spiro atoms. The summed E-state index contributed by atoms with van der Waals surface area (Å²) >= 11 is 0. The highest BCUT2D eigenvalue weighted by atomic mass is 31.1.